The van der Waals surface area contributed by atoms with Crippen LogP contribution in [-0.4, -0.2) is 31.0 Å². The topological polar surface area (TPSA) is 81.7 Å². The lowest BCUT2D eigenvalue weighted by molar-refractivity contribution is -0.161. The predicted octanol–water partition coefficient (Wildman–Crippen LogP) is 6.56. The van der Waals surface area contributed by atoms with Gasteiger partial charge in [-0.3, -0.25) is 4.79 Å². The van der Waals surface area contributed by atoms with Crippen molar-refractivity contribution in [3.05, 3.63) is 39.5 Å². The molecule has 2 rings (SSSR count). The number of esters is 2. The largest absolute Gasteiger partial charge is 0.458 e. The van der Waals surface area contributed by atoms with Crippen molar-refractivity contribution in [1.29, 1.82) is 0 Å². The Morgan fingerprint density at radius 3 is 2.03 bits per heavy atom. The lowest BCUT2D eigenvalue weighted by atomic mass is 10.0. The molecule has 2 aromatic rings. The summed E-state index contributed by atoms with van der Waals surface area (Å²) in [6.45, 7) is 4.45. The van der Waals surface area contributed by atoms with E-state index in [9.17, 15) is 14.4 Å². The van der Waals surface area contributed by atoms with Crippen molar-refractivity contribution in [3.8, 4) is 5.75 Å². The number of benzene rings is 2. The Labute approximate surface area is 216 Å². The molecule has 0 bridgehead atoms. The molecule has 0 radical (unpaired) electrons. The van der Waals surface area contributed by atoms with Crippen LogP contribution in [0, 0.1) is 3.57 Å². The molecule has 34 heavy (non-hydrogen) atoms. The van der Waals surface area contributed by atoms with E-state index in [2.05, 4.69) is 34.8 Å². The maximum atomic E-state index is 13.0. The zero-order chi connectivity index (χ0) is 24.8. The molecule has 2 aromatic carbocycles. The number of nitrogens with one attached hydrogen (secondary N) is 1. The molecule has 0 aromatic heterocycles. The van der Waals surface area contributed by atoms with E-state index in [0.717, 1.165) is 21.8 Å². The quantitative estimate of drug-likeness (QED) is 0.0899. The van der Waals surface area contributed by atoms with E-state index < -0.39 is 11.9 Å². The third kappa shape index (κ3) is 8.89. The van der Waals surface area contributed by atoms with Crippen molar-refractivity contribution in [2.45, 2.75) is 78.1 Å². The Bertz CT molecular complexity index is 959. The minimum absolute atomic E-state index is 0.0631. The zero-order valence-corrected chi connectivity index (χ0v) is 22.4. The van der Waals surface area contributed by atoms with E-state index in [4.69, 9.17) is 9.47 Å². The summed E-state index contributed by atoms with van der Waals surface area (Å²) in [6, 6.07) is 9.00. The molecule has 0 heterocycles. The van der Waals surface area contributed by atoms with Gasteiger partial charge in [-0.25, -0.2) is 9.59 Å². The molecule has 7 heteroatoms. The van der Waals surface area contributed by atoms with Gasteiger partial charge in [0.2, 0.25) is 0 Å². The van der Waals surface area contributed by atoms with Gasteiger partial charge in [0.15, 0.2) is 5.75 Å². The van der Waals surface area contributed by atoms with Crippen LogP contribution in [0.3, 0.4) is 0 Å². The first-order valence-electron chi connectivity index (χ1n) is 12.4. The van der Waals surface area contributed by atoms with Gasteiger partial charge in [0.1, 0.15) is 0 Å². The molecular formula is C27H36INO5. The minimum atomic E-state index is -1.14. The average molecular weight is 581 g/mol. The fourth-order valence-electron chi connectivity index (χ4n) is 3.82. The summed E-state index contributed by atoms with van der Waals surface area (Å²) in [5, 5.41) is 4.36. The van der Waals surface area contributed by atoms with Crippen LogP contribution in [0.15, 0.2) is 30.3 Å². The second-order valence-corrected chi connectivity index (χ2v) is 9.49. The van der Waals surface area contributed by atoms with Gasteiger partial charge in [-0.1, -0.05) is 89.0 Å². The predicted molar refractivity (Wildman–Crippen MR) is 143 cm³/mol. The normalized spacial score (nSPS) is 10.8. The van der Waals surface area contributed by atoms with Crippen LogP contribution in [0.1, 0.15) is 88.4 Å². The van der Waals surface area contributed by atoms with Crippen LogP contribution >= 0.6 is 22.6 Å². The van der Waals surface area contributed by atoms with E-state index in [-0.39, 0.29) is 23.8 Å². The van der Waals surface area contributed by atoms with Crippen LogP contribution in [0.25, 0.3) is 10.8 Å². The number of carbonyl (C=O) groups excluding carboxylic acids is 3. The molecule has 0 saturated heterocycles. The first-order chi connectivity index (χ1) is 16.5. The molecule has 0 aliphatic heterocycles. The first-order valence-corrected chi connectivity index (χ1v) is 13.5. The van der Waals surface area contributed by atoms with Crippen LogP contribution < -0.4 is 10.1 Å². The number of hydrogen-bond acceptors (Lipinski definition) is 5. The molecule has 6 nitrogen and oxygen atoms in total. The highest BCUT2D eigenvalue weighted by atomic mass is 127. The van der Waals surface area contributed by atoms with Crippen LogP contribution in [0.4, 0.5) is 0 Å². The van der Waals surface area contributed by atoms with Gasteiger partial charge in [-0.15, -0.1) is 0 Å². The van der Waals surface area contributed by atoms with Crippen molar-refractivity contribution in [1.82, 2.24) is 5.32 Å². The number of hydrogen-bond donors (Lipinski definition) is 1. The molecule has 0 aliphatic rings. The fraction of sp³-hybridized carbons (Fsp3) is 0.519. The first kappa shape index (κ1) is 28.1. The molecule has 0 spiro atoms. The SMILES string of the molecule is CCCCCCCCCCCCNC(=O)c1cc(I)c2ccccc2c1OC(=O)C(=O)OCC. The Hall–Kier alpha value is -2.16. The van der Waals surface area contributed by atoms with Gasteiger partial charge in [-0.05, 0) is 47.4 Å². The number of ether oxygens (including phenoxy) is 2. The number of amides is 1. The van der Waals surface area contributed by atoms with E-state index >= 15 is 0 Å². The Balaban J connectivity index is 1.95. The molecular weight excluding hydrogens is 545 g/mol. The van der Waals surface area contributed by atoms with Crippen LogP contribution in [0.2, 0.25) is 0 Å². The molecule has 0 atom stereocenters. The lowest BCUT2D eigenvalue weighted by Crippen LogP contribution is -2.27. The Morgan fingerprint density at radius 2 is 1.41 bits per heavy atom. The van der Waals surface area contributed by atoms with Crippen molar-refractivity contribution < 1.29 is 23.9 Å². The molecule has 186 valence electrons. The van der Waals surface area contributed by atoms with Crippen molar-refractivity contribution >= 4 is 51.2 Å². The van der Waals surface area contributed by atoms with E-state index in [1.54, 1.807) is 25.1 Å². The van der Waals surface area contributed by atoms with Gasteiger partial charge in [0, 0.05) is 15.5 Å². The summed E-state index contributed by atoms with van der Waals surface area (Å²) in [5.41, 5.74) is 0.229. The summed E-state index contributed by atoms with van der Waals surface area (Å²) in [6.07, 6.45) is 12.2. The zero-order valence-electron chi connectivity index (χ0n) is 20.3. The molecule has 0 aliphatic carbocycles. The molecule has 1 amide bonds. The number of halogens is 1. The van der Waals surface area contributed by atoms with Crippen LogP contribution in [-0.2, 0) is 14.3 Å². The highest BCUT2D eigenvalue weighted by molar-refractivity contribution is 14.1. The second kappa shape index (κ2) is 15.7. The number of unbranched alkanes of at least 4 members (excludes halogenated alkanes) is 9. The number of fused-ring (bicyclic) bond motifs is 1. The van der Waals surface area contributed by atoms with Crippen molar-refractivity contribution in [2.75, 3.05) is 13.2 Å². The van der Waals surface area contributed by atoms with Gasteiger partial charge in [-0.2, -0.15) is 0 Å². The number of rotatable bonds is 14. The summed E-state index contributed by atoms with van der Waals surface area (Å²) < 4.78 is 11.0. The van der Waals surface area contributed by atoms with Gasteiger partial charge in [0.25, 0.3) is 5.91 Å². The summed E-state index contributed by atoms with van der Waals surface area (Å²) in [7, 11) is 0. The molecule has 1 N–H and O–H groups in total. The number of carbonyl (C=O) groups is 3. The highest BCUT2D eigenvalue weighted by Crippen LogP contribution is 2.34. The van der Waals surface area contributed by atoms with Gasteiger partial charge in [0.05, 0.1) is 12.2 Å². The third-order valence-corrected chi connectivity index (χ3v) is 6.53. The maximum Gasteiger partial charge on any atom is 0.422 e. The fourth-order valence-corrected chi connectivity index (χ4v) is 4.60. The Kier molecular flexibility index (Phi) is 13.0. The molecule has 0 saturated carbocycles. The van der Waals surface area contributed by atoms with Crippen LogP contribution in [0.5, 0.6) is 5.75 Å². The summed E-state index contributed by atoms with van der Waals surface area (Å²) >= 11 is 2.16. The van der Waals surface area contributed by atoms with Gasteiger partial charge < -0.3 is 14.8 Å². The smallest absolute Gasteiger partial charge is 0.422 e. The standard InChI is InChI=1S/C27H36INO5/c1-3-5-6-7-8-9-10-11-12-15-18-29-25(30)22-19-23(28)20-16-13-14-17-21(20)24(22)34-27(32)26(31)33-4-2/h13-14,16-17,19H,3-12,15,18H2,1-2H3,(H,29,30). The highest BCUT2D eigenvalue weighted by Gasteiger charge is 2.24. The van der Waals surface area contributed by atoms with E-state index in [0.29, 0.717) is 11.9 Å². The van der Waals surface area contributed by atoms with Crippen molar-refractivity contribution in [2.24, 2.45) is 0 Å². The van der Waals surface area contributed by atoms with Gasteiger partial charge >= 0.3 is 11.9 Å². The molecule has 0 unspecified atom stereocenters. The monoisotopic (exact) mass is 581 g/mol. The summed E-state index contributed by atoms with van der Waals surface area (Å²) in [5.74, 6) is -2.47. The van der Waals surface area contributed by atoms with Crippen molar-refractivity contribution in [3.63, 3.8) is 0 Å². The average Bonchev–Trinajstić information content (AvgIpc) is 2.84. The second-order valence-electron chi connectivity index (χ2n) is 8.33. The minimum Gasteiger partial charge on any atom is -0.458 e. The molecule has 0 fully saturated rings. The maximum absolute atomic E-state index is 13.0. The lowest BCUT2D eigenvalue weighted by Gasteiger charge is -2.14. The third-order valence-electron chi connectivity index (χ3n) is 5.64. The van der Waals surface area contributed by atoms with E-state index in [1.807, 2.05) is 12.1 Å². The van der Waals surface area contributed by atoms with E-state index in [1.165, 1.54) is 51.4 Å². The Morgan fingerprint density at radius 1 is 0.824 bits per heavy atom. The summed E-state index contributed by atoms with van der Waals surface area (Å²) in [4.78, 5) is 37.0.